The highest BCUT2D eigenvalue weighted by Crippen LogP contribution is 2.30. The standard InChI is InChI=1S/C17H34N4O/c1-15(2)6-9-19-16(18-3)20-14-17(7-12-22-13-8-17)21-10-4-5-11-21/h15H,4-14H2,1-3H3,(H2,18,19,20). The molecule has 0 radical (unpaired) electrons. The number of rotatable bonds is 6. The lowest BCUT2D eigenvalue weighted by Gasteiger charge is -2.45. The van der Waals surface area contributed by atoms with Crippen molar-refractivity contribution in [1.82, 2.24) is 15.5 Å². The maximum Gasteiger partial charge on any atom is 0.191 e. The first-order chi connectivity index (χ1) is 10.7. The lowest BCUT2D eigenvalue weighted by molar-refractivity contribution is -0.0164. The Hall–Kier alpha value is -0.810. The van der Waals surface area contributed by atoms with Gasteiger partial charge >= 0.3 is 0 Å². The highest BCUT2D eigenvalue weighted by molar-refractivity contribution is 5.79. The van der Waals surface area contributed by atoms with E-state index in [4.69, 9.17) is 4.74 Å². The van der Waals surface area contributed by atoms with Crippen LogP contribution in [0.3, 0.4) is 0 Å². The highest BCUT2D eigenvalue weighted by atomic mass is 16.5. The molecule has 2 heterocycles. The molecule has 0 aliphatic carbocycles. The first-order valence-corrected chi connectivity index (χ1v) is 8.93. The van der Waals surface area contributed by atoms with Crippen molar-refractivity contribution in [2.45, 2.75) is 51.5 Å². The molecule has 2 rings (SSSR count). The molecule has 0 saturated carbocycles. The van der Waals surface area contributed by atoms with Crippen LogP contribution in [-0.2, 0) is 4.74 Å². The van der Waals surface area contributed by atoms with Crippen molar-refractivity contribution < 1.29 is 4.74 Å². The molecule has 5 heteroatoms. The Morgan fingerprint density at radius 3 is 2.45 bits per heavy atom. The van der Waals surface area contributed by atoms with Crippen LogP contribution >= 0.6 is 0 Å². The number of guanidine groups is 1. The van der Waals surface area contributed by atoms with Crippen LogP contribution in [0.1, 0.15) is 46.0 Å². The van der Waals surface area contributed by atoms with E-state index in [1.54, 1.807) is 0 Å². The maximum atomic E-state index is 5.61. The molecular weight excluding hydrogens is 276 g/mol. The molecule has 2 saturated heterocycles. The molecule has 0 aromatic heterocycles. The lowest BCUT2D eigenvalue weighted by Crippen LogP contribution is -2.58. The zero-order valence-corrected chi connectivity index (χ0v) is 14.7. The van der Waals surface area contributed by atoms with E-state index in [-0.39, 0.29) is 5.54 Å². The fourth-order valence-corrected chi connectivity index (χ4v) is 3.50. The van der Waals surface area contributed by atoms with Gasteiger partial charge in [0.15, 0.2) is 5.96 Å². The van der Waals surface area contributed by atoms with Gasteiger partial charge in [-0.15, -0.1) is 0 Å². The van der Waals surface area contributed by atoms with E-state index >= 15 is 0 Å². The van der Waals surface area contributed by atoms with Crippen molar-refractivity contribution in [1.29, 1.82) is 0 Å². The lowest BCUT2D eigenvalue weighted by atomic mass is 9.88. The van der Waals surface area contributed by atoms with E-state index in [2.05, 4.69) is 34.4 Å². The van der Waals surface area contributed by atoms with Crippen molar-refractivity contribution in [2.75, 3.05) is 46.4 Å². The van der Waals surface area contributed by atoms with Crippen molar-refractivity contribution in [2.24, 2.45) is 10.9 Å². The number of aliphatic imine (C=N–C) groups is 1. The van der Waals surface area contributed by atoms with Crippen LogP contribution in [0.4, 0.5) is 0 Å². The van der Waals surface area contributed by atoms with Crippen LogP contribution in [0.5, 0.6) is 0 Å². The predicted molar refractivity (Wildman–Crippen MR) is 92.4 cm³/mol. The van der Waals surface area contributed by atoms with Gasteiger partial charge in [-0.2, -0.15) is 0 Å². The number of ether oxygens (including phenoxy) is 1. The van der Waals surface area contributed by atoms with E-state index in [9.17, 15) is 0 Å². The molecule has 128 valence electrons. The molecule has 22 heavy (non-hydrogen) atoms. The molecule has 2 fully saturated rings. The molecule has 0 bridgehead atoms. The van der Waals surface area contributed by atoms with E-state index in [1.165, 1.54) is 32.4 Å². The van der Waals surface area contributed by atoms with Gasteiger partial charge in [0.1, 0.15) is 0 Å². The summed E-state index contributed by atoms with van der Waals surface area (Å²) >= 11 is 0. The fraction of sp³-hybridized carbons (Fsp3) is 0.941. The third-order valence-electron chi connectivity index (χ3n) is 5.02. The van der Waals surface area contributed by atoms with Crippen molar-refractivity contribution in [3.8, 4) is 0 Å². The summed E-state index contributed by atoms with van der Waals surface area (Å²) in [5, 5.41) is 7.01. The summed E-state index contributed by atoms with van der Waals surface area (Å²) in [5.74, 6) is 1.66. The third kappa shape index (κ3) is 4.85. The SMILES string of the molecule is CN=C(NCCC(C)C)NCC1(N2CCCC2)CCOCC1. The van der Waals surface area contributed by atoms with Crippen LogP contribution in [0.25, 0.3) is 0 Å². The first kappa shape index (κ1) is 17.5. The summed E-state index contributed by atoms with van der Waals surface area (Å²) in [5.41, 5.74) is 0.254. The zero-order chi connectivity index (χ0) is 15.8. The Morgan fingerprint density at radius 2 is 1.86 bits per heavy atom. The molecule has 0 aromatic rings. The summed E-state index contributed by atoms with van der Waals surface area (Å²) in [4.78, 5) is 7.06. The second kappa shape index (κ2) is 8.73. The minimum absolute atomic E-state index is 0.254. The number of hydrogen-bond acceptors (Lipinski definition) is 3. The number of nitrogens with zero attached hydrogens (tertiary/aromatic N) is 2. The fourth-order valence-electron chi connectivity index (χ4n) is 3.50. The molecular formula is C17H34N4O. The number of likely N-dealkylation sites (tertiary alicyclic amines) is 1. The second-order valence-corrected chi connectivity index (χ2v) is 7.07. The molecule has 0 atom stereocenters. The number of nitrogens with one attached hydrogen (secondary N) is 2. The summed E-state index contributed by atoms with van der Waals surface area (Å²) in [6.45, 7) is 10.7. The average Bonchev–Trinajstić information content (AvgIpc) is 3.06. The summed E-state index contributed by atoms with van der Waals surface area (Å²) in [6, 6.07) is 0. The molecule has 0 aromatic carbocycles. The largest absolute Gasteiger partial charge is 0.381 e. The van der Waals surface area contributed by atoms with Crippen molar-refractivity contribution >= 4 is 5.96 Å². The van der Waals surface area contributed by atoms with Crippen LogP contribution in [0.2, 0.25) is 0 Å². The second-order valence-electron chi connectivity index (χ2n) is 7.07. The molecule has 5 nitrogen and oxygen atoms in total. The zero-order valence-electron chi connectivity index (χ0n) is 14.7. The van der Waals surface area contributed by atoms with Crippen LogP contribution in [0.15, 0.2) is 4.99 Å². The van der Waals surface area contributed by atoms with E-state index in [0.29, 0.717) is 0 Å². The quantitative estimate of drug-likeness (QED) is 0.580. The molecule has 0 amide bonds. The van der Waals surface area contributed by atoms with Gasteiger partial charge in [-0.25, -0.2) is 0 Å². The van der Waals surface area contributed by atoms with Crippen molar-refractivity contribution in [3.05, 3.63) is 0 Å². The average molecular weight is 310 g/mol. The van der Waals surface area contributed by atoms with Gasteiger partial charge in [-0.3, -0.25) is 9.89 Å². The Labute approximate surface area is 135 Å². The minimum atomic E-state index is 0.254. The van der Waals surface area contributed by atoms with Gasteiger partial charge in [-0.05, 0) is 51.1 Å². The topological polar surface area (TPSA) is 48.9 Å². The van der Waals surface area contributed by atoms with Crippen LogP contribution in [-0.4, -0.2) is 62.8 Å². The molecule has 2 N–H and O–H groups in total. The van der Waals surface area contributed by atoms with Gasteiger partial charge in [0, 0.05) is 38.9 Å². The van der Waals surface area contributed by atoms with E-state index in [0.717, 1.165) is 51.0 Å². The molecule has 0 spiro atoms. The summed E-state index contributed by atoms with van der Waals surface area (Å²) < 4.78 is 5.61. The highest BCUT2D eigenvalue weighted by Gasteiger charge is 2.39. The molecule has 0 unspecified atom stereocenters. The number of hydrogen-bond donors (Lipinski definition) is 2. The van der Waals surface area contributed by atoms with Gasteiger partial charge < -0.3 is 15.4 Å². The summed E-state index contributed by atoms with van der Waals surface area (Å²) in [7, 11) is 1.86. The van der Waals surface area contributed by atoms with Gasteiger partial charge in [-0.1, -0.05) is 13.8 Å². The molecule has 2 aliphatic heterocycles. The Kier molecular flexibility index (Phi) is 6.96. The Morgan fingerprint density at radius 1 is 1.18 bits per heavy atom. The van der Waals surface area contributed by atoms with E-state index < -0.39 is 0 Å². The van der Waals surface area contributed by atoms with Crippen LogP contribution < -0.4 is 10.6 Å². The van der Waals surface area contributed by atoms with Crippen molar-refractivity contribution in [3.63, 3.8) is 0 Å². The molecule has 2 aliphatic rings. The van der Waals surface area contributed by atoms with Gasteiger partial charge in [0.2, 0.25) is 0 Å². The van der Waals surface area contributed by atoms with Crippen LogP contribution in [0, 0.1) is 5.92 Å². The third-order valence-corrected chi connectivity index (χ3v) is 5.02. The van der Waals surface area contributed by atoms with Gasteiger partial charge in [0.25, 0.3) is 0 Å². The smallest absolute Gasteiger partial charge is 0.191 e. The Balaban J connectivity index is 1.86. The van der Waals surface area contributed by atoms with Gasteiger partial charge in [0.05, 0.1) is 0 Å². The monoisotopic (exact) mass is 310 g/mol. The van der Waals surface area contributed by atoms with E-state index in [1.807, 2.05) is 7.05 Å². The normalized spacial score (nSPS) is 23.0. The minimum Gasteiger partial charge on any atom is -0.381 e. The predicted octanol–water partition coefficient (Wildman–Crippen LogP) is 1.84. The maximum absolute atomic E-state index is 5.61. The summed E-state index contributed by atoms with van der Waals surface area (Å²) in [6.07, 6.45) is 6.10. The Bertz CT molecular complexity index is 345. The first-order valence-electron chi connectivity index (χ1n) is 8.93.